The second kappa shape index (κ2) is 19.5. The monoisotopic (exact) mass is 356 g/mol. The number of hydrogen-bond acceptors (Lipinski definition) is 3. The Morgan fingerprint density at radius 1 is 0.920 bits per heavy atom. The smallest absolute Gasteiger partial charge is 0.335 e. The third-order valence-electron chi connectivity index (χ3n) is 4.31. The summed E-state index contributed by atoms with van der Waals surface area (Å²) in [4.78, 5) is 11.2. The van der Waals surface area contributed by atoms with Crippen LogP contribution < -0.4 is 0 Å². The van der Waals surface area contributed by atoms with Crippen LogP contribution >= 0.6 is 0 Å². The maximum atomic E-state index is 11.2. The summed E-state index contributed by atoms with van der Waals surface area (Å²) >= 11 is 0. The Morgan fingerprint density at radius 3 is 2.08 bits per heavy atom. The van der Waals surface area contributed by atoms with Crippen molar-refractivity contribution in [2.75, 3.05) is 19.8 Å². The molecule has 4 nitrogen and oxygen atoms in total. The van der Waals surface area contributed by atoms with Gasteiger partial charge in [0.15, 0.2) is 6.10 Å². The second-order valence-electron chi connectivity index (χ2n) is 6.74. The Bertz CT molecular complexity index is 304. The highest BCUT2D eigenvalue weighted by molar-refractivity contribution is 5.72. The Balaban J connectivity index is 3.49. The van der Waals surface area contributed by atoms with Crippen LogP contribution in [0.3, 0.4) is 0 Å². The highest BCUT2D eigenvalue weighted by atomic mass is 16.5. The predicted octanol–water partition coefficient (Wildman–Crippen LogP) is 5.75. The molecule has 1 atom stereocenters. The summed E-state index contributed by atoms with van der Waals surface area (Å²) in [6.07, 6.45) is 16.4. The minimum Gasteiger partial charge on any atom is -0.479 e. The average Bonchev–Trinajstić information content (AvgIpc) is 2.60. The number of aliphatic carboxylic acids is 1. The van der Waals surface area contributed by atoms with Crippen LogP contribution in [0.4, 0.5) is 0 Å². The molecular formula is C21H40O4. The van der Waals surface area contributed by atoms with Gasteiger partial charge in [0.2, 0.25) is 0 Å². The summed E-state index contributed by atoms with van der Waals surface area (Å²) in [6, 6.07) is 0. The number of carboxylic acid groups (broad SMARTS) is 1. The van der Waals surface area contributed by atoms with E-state index in [0.717, 1.165) is 32.1 Å². The number of hydrogen-bond donors (Lipinski definition) is 1. The van der Waals surface area contributed by atoms with Crippen LogP contribution in [0.25, 0.3) is 0 Å². The molecule has 0 fully saturated rings. The van der Waals surface area contributed by atoms with E-state index < -0.39 is 12.1 Å². The lowest BCUT2D eigenvalue weighted by Crippen LogP contribution is -2.29. The van der Waals surface area contributed by atoms with Crippen molar-refractivity contribution in [3.63, 3.8) is 0 Å². The first-order valence-electron chi connectivity index (χ1n) is 10.2. The van der Waals surface area contributed by atoms with Gasteiger partial charge in [-0.15, -0.1) is 6.58 Å². The van der Waals surface area contributed by atoms with Crippen molar-refractivity contribution in [2.45, 2.75) is 96.5 Å². The average molecular weight is 357 g/mol. The van der Waals surface area contributed by atoms with Crippen molar-refractivity contribution < 1.29 is 19.4 Å². The molecule has 0 spiro atoms. The number of carbonyl (C=O) groups is 1. The second-order valence-corrected chi connectivity index (χ2v) is 6.74. The first-order valence-corrected chi connectivity index (χ1v) is 10.2. The first-order chi connectivity index (χ1) is 12.2. The maximum absolute atomic E-state index is 11.2. The predicted molar refractivity (Wildman–Crippen MR) is 104 cm³/mol. The molecule has 1 unspecified atom stereocenters. The van der Waals surface area contributed by atoms with Crippen molar-refractivity contribution in [3.8, 4) is 0 Å². The topological polar surface area (TPSA) is 55.8 Å². The van der Waals surface area contributed by atoms with Crippen molar-refractivity contribution in [1.29, 1.82) is 0 Å². The van der Waals surface area contributed by atoms with Crippen LogP contribution in [-0.2, 0) is 14.3 Å². The number of allylic oxidation sites excluding steroid dienone is 1. The zero-order valence-electron chi connectivity index (χ0n) is 16.3. The van der Waals surface area contributed by atoms with E-state index in [4.69, 9.17) is 9.47 Å². The molecule has 0 saturated carbocycles. The minimum atomic E-state index is -0.925. The molecule has 1 N–H and O–H groups in total. The van der Waals surface area contributed by atoms with Gasteiger partial charge in [-0.1, -0.05) is 70.8 Å². The molecule has 0 aliphatic carbocycles. The summed E-state index contributed by atoms with van der Waals surface area (Å²) in [7, 11) is 0. The lowest BCUT2D eigenvalue weighted by Gasteiger charge is -2.14. The fourth-order valence-corrected chi connectivity index (χ4v) is 2.69. The SMILES string of the molecule is C=CCCCCCCCOC(COCCCCCCCCC)C(=O)O. The number of carboxylic acids is 1. The zero-order valence-corrected chi connectivity index (χ0v) is 16.3. The summed E-state index contributed by atoms with van der Waals surface area (Å²) in [6.45, 7) is 7.22. The van der Waals surface area contributed by atoms with Crippen LogP contribution in [0.2, 0.25) is 0 Å². The maximum Gasteiger partial charge on any atom is 0.335 e. The Kier molecular flexibility index (Phi) is 18.8. The molecule has 0 aromatic heterocycles. The molecule has 0 saturated heterocycles. The Morgan fingerprint density at radius 2 is 1.48 bits per heavy atom. The molecule has 0 bridgehead atoms. The van der Waals surface area contributed by atoms with E-state index in [0.29, 0.717) is 13.2 Å². The van der Waals surface area contributed by atoms with Crippen LogP contribution in [0.15, 0.2) is 12.7 Å². The molecule has 0 aliphatic rings. The fourth-order valence-electron chi connectivity index (χ4n) is 2.69. The van der Waals surface area contributed by atoms with Gasteiger partial charge in [-0.2, -0.15) is 0 Å². The van der Waals surface area contributed by atoms with Gasteiger partial charge >= 0.3 is 5.97 Å². The molecule has 0 radical (unpaired) electrons. The highest BCUT2D eigenvalue weighted by Gasteiger charge is 2.17. The minimum absolute atomic E-state index is 0.157. The van der Waals surface area contributed by atoms with E-state index in [1.165, 1.54) is 51.4 Å². The lowest BCUT2D eigenvalue weighted by atomic mass is 10.1. The highest BCUT2D eigenvalue weighted by Crippen LogP contribution is 2.08. The lowest BCUT2D eigenvalue weighted by molar-refractivity contribution is -0.154. The van der Waals surface area contributed by atoms with Gasteiger partial charge in [-0.3, -0.25) is 0 Å². The quantitative estimate of drug-likeness (QED) is 0.223. The summed E-state index contributed by atoms with van der Waals surface area (Å²) in [5.41, 5.74) is 0. The van der Waals surface area contributed by atoms with Gasteiger partial charge in [-0.05, 0) is 25.7 Å². The fraction of sp³-hybridized carbons (Fsp3) is 0.857. The van der Waals surface area contributed by atoms with E-state index in [-0.39, 0.29) is 6.61 Å². The Hall–Kier alpha value is -0.870. The molecule has 0 heterocycles. The number of rotatable bonds is 20. The summed E-state index contributed by atoms with van der Waals surface area (Å²) in [5.74, 6) is -0.925. The summed E-state index contributed by atoms with van der Waals surface area (Å²) < 4.78 is 11.0. The third kappa shape index (κ3) is 17.7. The zero-order chi connectivity index (χ0) is 18.6. The Labute approximate surface area is 155 Å². The molecule has 4 heteroatoms. The first kappa shape index (κ1) is 24.1. The van der Waals surface area contributed by atoms with Crippen LogP contribution in [0.5, 0.6) is 0 Å². The molecule has 0 rings (SSSR count). The molecule has 25 heavy (non-hydrogen) atoms. The van der Waals surface area contributed by atoms with Gasteiger partial charge in [0.1, 0.15) is 0 Å². The van der Waals surface area contributed by atoms with Crippen molar-refractivity contribution >= 4 is 5.97 Å². The van der Waals surface area contributed by atoms with Crippen molar-refractivity contribution in [2.24, 2.45) is 0 Å². The van der Waals surface area contributed by atoms with Gasteiger partial charge in [-0.25, -0.2) is 4.79 Å². The molecule has 148 valence electrons. The third-order valence-corrected chi connectivity index (χ3v) is 4.31. The molecule has 0 aromatic rings. The largest absolute Gasteiger partial charge is 0.479 e. The summed E-state index contributed by atoms with van der Waals surface area (Å²) in [5, 5.41) is 9.18. The van der Waals surface area contributed by atoms with Gasteiger partial charge in [0.25, 0.3) is 0 Å². The van der Waals surface area contributed by atoms with Crippen molar-refractivity contribution in [3.05, 3.63) is 12.7 Å². The molecule has 0 amide bonds. The van der Waals surface area contributed by atoms with Crippen LogP contribution in [0, 0.1) is 0 Å². The van der Waals surface area contributed by atoms with E-state index >= 15 is 0 Å². The van der Waals surface area contributed by atoms with E-state index in [1.54, 1.807) is 0 Å². The van der Waals surface area contributed by atoms with E-state index in [9.17, 15) is 9.90 Å². The normalized spacial score (nSPS) is 12.2. The molecule has 0 aromatic carbocycles. The number of unbranched alkanes of at least 4 members (excludes halogenated alkanes) is 11. The van der Waals surface area contributed by atoms with Gasteiger partial charge in [0, 0.05) is 13.2 Å². The van der Waals surface area contributed by atoms with Crippen molar-refractivity contribution in [1.82, 2.24) is 0 Å². The molecular weight excluding hydrogens is 316 g/mol. The standard InChI is InChI=1S/C21H40O4/c1-3-5-7-9-11-13-15-17-24-19-20(21(22)23)25-18-16-14-12-10-8-6-4-2/h4,20H,2-3,5-19H2,1H3,(H,22,23). The number of ether oxygens (including phenoxy) is 2. The van der Waals surface area contributed by atoms with E-state index in [1.807, 2.05) is 6.08 Å². The van der Waals surface area contributed by atoms with E-state index in [2.05, 4.69) is 13.5 Å². The van der Waals surface area contributed by atoms with Gasteiger partial charge in [0.05, 0.1) is 6.61 Å². The van der Waals surface area contributed by atoms with Crippen LogP contribution in [-0.4, -0.2) is 37.0 Å². The van der Waals surface area contributed by atoms with Crippen LogP contribution in [0.1, 0.15) is 90.4 Å². The molecule has 0 aliphatic heterocycles. The van der Waals surface area contributed by atoms with Gasteiger partial charge < -0.3 is 14.6 Å².